The maximum Gasteiger partial charge on any atom is 0.260 e. The second-order valence-corrected chi connectivity index (χ2v) is 13.2. The van der Waals surface area contributed by atoms with E-state index in [1.165, 1.54) is 48.2 Å². The Labute approximate surface area is 272 Å². The minimum Gasteiger partial charge on any atom is -0.458 e. The van der Waals surface area contributed by atoms with E-state index in [2.05, 4.69) is 145 Å². The molecule has 216 valence electrons. The van der Waals surface area contributed by atoms with Crippen molar-refractivity contribution in [2.75, 3.05) is 4.90 Å². The Bertz CT molecular complexity index is 2330. The highest BCUT2D eigenvalue weighted by Crippen LogP contribution is 2.52. The van der Waals surface area contributed by atoms with E-state index in [0.717, 1.165) is 45.5 Å². The van der Waals surface area contributed by atoms with Gasteiger partial charge in [0.25, 0.3) is 6.71 Å². The highest BCUT2D eigenvalue weighted by molar-refractivity contribution is 7.99. The molecule has 0 spiro atoms. The lowest BCUT2D eigenvalue weighted by Crippen LogP contribution is -2.57. The zero-order valence-corrected chi connectivity index (χ0v) is 25.8. The summed E-state index contributed by atoms with van der Waals surface area (Å²) in [6.45, 7) is 2.20. The topological polar surface area (TPSA) is 21.7 Å². The molecule has 0 fully saturated rings. The molecule has 0 saturated heterocycles. The predicted molar refractivity (Wildman–Crippen MR) is 191 cm³/mol. The van der Waals surface area contributed by atoms with Crippen LogP contribution in [0.2, 0.25) is 0 Å². The summed E-state index contributed by atoms with van der Waals surface area (Å²) >= 11 is 1.85. The summed E-state index contributed by atoms with van der Waals surface area (Å²) in [4.78, 5) is 4.88. The zero-order valence-electron chi connectivity index (χ0n) is 25.0. The van der Waals surface area contributed by atoms with Crippen molar-refractivity contribution in [3.63, 3.8) is 0 Å². The molecule has 3 nitrogen and oxygen atoms in total. The van der Waals surface area contributed by atoms with Gasteiger partial charge in [0, 0.05) is 37.4 Å². The van der Waals surface area contributed by atoms with Crippen molar-refractivity contribution in [2.24, 2.45) is 0 Å². The molecule has 7 aromatic rings. The van der Waals surface area contributed by atoms with Gasteiger partial charge in [-0.1, -0.05) is 90.1 Å². The molecule has 0 bridgehead atoms. The molecular formula is C41H26BNO2S. The minimum atomic E-state index is 0.0503. The number of rotatable bonds is 3. The first-order chi connectivity index (χ1) is 22.7. The maximum atomic E-state index is 6.70. The monoisotopic (exact) mass is 607 g/mol. The van der Waals surface area contributed by atoms with Gasteiger partial charge >= 0.3 is 0 Å². The summed E-state index contributed by atoms with van der Waals surface area (Å²) in [5, 5.41) is 2.50. The second-order valence-electron chi connectivity index (χ2n) is 12.2. The van der Waals surface area contributed by atoms with Crippen LogP contribution < -0.4 is 30.8 Å². The quantitative estimate of drug-likeness (QED) is 0.187. The zero-order chi connectivity index (χ0) is 30.4. The second kappa shape index (κ2) is 9.81. The number of para-hydroxylation sites is 2. The third kappa shape index (κ3) is 3.76. The van der Waals surface area contributed by atoms with Crippen molar-refractivity contribution < 1.29 is 9.47 Å². The Morgan fingerprint density at radius 2 is 1.24 bits per heavy atom. The van der Waals surface area contributed by atoms with Gasteiger partial charge in [0.15, 0.2) is 0 Å². The minimum absolute atomic E-state index is 0.0503. The Kier molecular flexibility index (Phi) is 5.52. The third-order valence-corrected chi connectivity index (χ3v) is 10.5. The lowest BCUT2D eigenvalue weighted by molar-refractivity contribution is 0.464. The normalized spacial score (nSPS) is 13.1. The number of aryl methyl sites for hydroxylation is 1. The van der Waals surface area contributed by atoms with Gasteiger partial charge in [-0.05, 0) is 95.7 Å². The summed E-state index contributed by atoms with van der Waals surface area (Å²) in [7, 11) is 0. The predicted octanol–water partition coefficient (Wildman–Crippen LogP) is 9.48. The number of anilines is 3. The van der Waals surface area contributed by atoms with Crippen LogP contribution in [0.5, 0.6) is 23.0 Å². The van der Waals surface area contributed by atoms with E-state index >= 15 is 0 Å². The van der Waals surface area contributed by atoms with E-state index in [1.54, 1.807) is 0 Å². The summed E-state index contributed by atoms with van der Waals surface area (Å²) in [6.07, 6.45) is 0. The van der Waals surface area contributed by atoms with Crippen LogP contribution in [-0.4, -0.2) is 6.71 Å². The average Bonchev–Trinajstić information content (AvgIpc) is 3.09. The fraction of sp³-hybridized carbons (Fsp3) is 0.0244. The molecule has 3 aliphatic heterocycles. The number of fused-ring (bicyclic) bond motifs is 6. The number of ether oxygens (including phenoxy) is 2. The molecule has 0 aliphatic carbocycles. The number of hydrogen-bond donors (Lipinski definition) is 0. The third-order valence-electron chi connectivity index (χ3n) is 9.41. The Morgan fingerprint density at radius 3 is 2.00 bits per heavy atom. The standard InChI is InChI=1S/C41H26BNO2S/c1-25-18-21-34-31(22-25)42-32-24-39-30(23-37(32)45-36-16-9-15-35(44-34)41(36)42)28-19-20-33(29-14-8-17-38(46-39)40(28)29)43(26-10-4-2-5-11-26)27-12-6-3-7-13-27/h2-24H,1H3. The van der Waals surface area contributed by atoms with E-state index in [-0.39, 0.29) is 6.71 Å². The van der Waals surface area contributed by atoms with Gasteiger partial charge in [0.2, 0.25) is 0 Å². The first kappa shape index (κ1) is 25.9. The molecule has 7 aromatic carbocycles. The van der Waals surface area contributed by atoms with E-state index in [4.69, 9.17) is 9.47 Å². The van der Waals surface area contributed by atoms with Crippen molar-refractivity contribution in [2.45, 2.75) is 16.7 Å². The average molecular weight is 608 g/mol. The molecule has 0 unspecified atom stereocenters. The molecule has 0 radical (unpaired) electrons. The van der Waals surface area contributed by atoms with Crippen molar-refractivity contribution in [3.05, 3.63) is 145 Å². The van der Waals surface area contributed by atoms with Crippen LogP contribution in [0.3, 0.4) is 0 Å². The van der Waals surface area contributed by atoms with Crippen LogP contribution in [0.1, 0.15) is 5.56 Å². The molecule has 3 aliphatic rings. The van der Waals surface area contributed by atoms with Gasteiger partial charge in [0.05, 0.1) is 5.69 Å². The summed E-state index contributed by atoms with van der Waals surface area (Å²) in [5.74, 6) is 3.57. The van der Waals surface area contributed by atoms with Crippen LogP contribution >= 0.6 is 11.8 Å². The number of hydrogen-bond acceptors (Lipinski definition) is 4. The highest BCUT2D eigenvalue weighted by Gasteiger charge is 2.41. The van der Waals surface area contributed by atoms with Crippen molar-refractivity contribution >= 4 is 62.7 Å². The first-order valence-corrected chi connectivity index (χ1v) is 16.4. The largest absolute Gasteiger partial charge is 0.458 e. The molecule has 5 heteroatoms. The van der Waals surface area contributed by atoms with Gasteiger partial charge in [0.1, 0.15) is 23.0 Å². The summed E-state index contributed by atoms with van der Waals surface area (Å²) in [5.41, 5.74) is 10.6. The van der Waals surface area contributed by atoms with Gasteiger partial charge < -0.3 is 14.4 Å². The van der Waals surface area contributed by atoms with Gasteiger partial charge in [-0.25, -0.2) is 0 Å². The Morgan fingerprint density at radius 1 is 0.543 bits per heavy atom. The van der Waals surface area contributed by atoms with Crippen LogP contribution in [0, 0.1) is 6.92 Å². The maximum absolute atomic E-state index is 6.70. The highest BCUT2D eigenvalue weighted by atomic mass is 32.2. The molecule has 46 heavy (non-hydrogen) atoms. The SMILES string of the molecule is Cc1ccc2c(c1)B1c3cc4c(cc3Oc3cccc(c31)O2)-c1ccc(N(c2ccccc2)c2ccccc2)c2cccc(c12)S4. The molecule has 0 saturated carbocycles. The van der Waals surface area contributed by atoms with Crippen LogP contribution in [0.25, 0.3) is 21.9 Å². The molecule has 0 N–H and O–H groups in total. The smallest absolute Gasteiger partial charge is 0.260 e. The summed E-state index contributed by atoms with van der Waals surface area (Å²) < 4.78 is 13.1. The molecular weight excluding hydrogens is 581 g/mol. The lowest BCUT2D eigenvalue weighted by Gasteiger charge is -2.34. The Balaban J connectivity index is 1.18. The molecule has 0 atom stereocenters. The fourth-order valence-corrected chi connectivity index (χ4v) is 8.61. The fourth-order valence-electron chi connectivity index (χ4n) is 7.43. The van der Waals surface area contributed by atoms with Crippen molar-refractivity contribution in [1.29, 1.82) is 0 Å². The number of nitrogens with zero attached hydrogens (tertiary/aromatic N) is 1. The molecule has 0 amide bonds. The number of benzene rings is 7. The van der Waals surface area contributed by atoms with E-state index in [1.807, 2.05) is 17.8 Å². The molecule has 10 rings (SSSR count). The van der Waals surface area contributed by atoms with E-state index in [9.17, 15) is 0 Å². The van der Waals surface area contributed by atoms with Crippen LogP contribution in [-0.2, 0) is 0 Å². The summed E-state index contributed by atoms with van der Waals surface area (Å²) in [6, 6.07) is 49.8. The van der Waals surface area contributed by atoms with Gasteiger partial charge in [-0.2, -0.15) is 0 Å². The van der Waals surface area contributed by atoms with Crippen LogP contribution in [0.4, 0.5) is 17.1 Å². The van der Waals surface area contributed by atoms with Gasteiger partial charge in [-0.15, -0.1) is 0 Å². The van der Waals surface area contributed by atoms with Gasteiger partial charge in [-0.3, -0.25) is 0 Å². The Hall–Kier alpha value is -5.39. The van der Waals surface area contributed by atoms with Crippen molar-refractivity contribution in [3.8, 4) is 34.1 Å². The van der Waals surface area contributed by atoms with Crippen molar-refractivity contribution in [1.82, 2.24) is 0 Å². The molecule has 0 aromatic heterocycles. The van der Waals surface area contributed by atoms with E-state index < -0.39 is 0 Å². The lowest BCUT2D eigenvalue weighted by atomic mass is 9.34. The molecule has 3 heterocycles. The van der Waals surface area contributed by atoms with Crippen LogP contribution in [0.15, 0.2) is 149 Å². The first-order valence-electron chi connectivity index (χ1n) is 15.6. The van der Waals surface area contributed by atoms with E-state index in [0.29, 0.717) is 0 Å².